The quantitative estimate of drug-likeness (QED) is 0.228. The molecule has 224 valence electrons. The van der Waals surface area contributed by atoms with Gasteiger partial charge in [-0.3, -0.25) is 0 Å². The van der Waals surface area contributed by atoms with Crippen LogP contribution in [0.25, 0.3) is 0 Å². The van der Waals surface area contributed by atoms with Crippen molar-refractivity contribution in [2.24, 2.45) is 0 Å². The molecule has 2 N–H and O–H groups in total. The summed E-state index contributed by atoms with van der Waals surface area (Å²) >= 11 is 0. The van der Waals surface area contributed by atoms with Crippen LogP contribution in [0, 0.1) is 0 Å². The molecule has 10 nitrogen and oxygen atoms in total. The Morgan fingerprint density at radius 1 is 0.364 bits per heavy atom. The Kier molecular flexibility index (Phi) is 9.43. The second-order valence-corrected chi connectivity index (χ2v) is 9.92. The Balaban J connectivity index is 1.55. The molecule has 1 aliphatic carbocycles. The molecular formula is C34H28O10. The monoisotopic (exact) mass is 596 g/mol. The van der Waals surface area contributed by atoms with E-state index in [-0.39, 0.29) is 22.3 Å². The van der Waals surface area contributed by atoms with Gasteiger partial charge in [0.25, 0.3) is 0 Å². The van der Waals surface area contributed by atoms with Crippen LogP contribution in [-0.4, -0.2) is 70.7 Å². The average molecular weight is 597 g/mol. The minimum Gasteiger partial charge on any atom is -0.452 e. The molecule has 0 heterocycles. The van der Waals surface area contributed by atoms with E-state index in [1.54, 1.807) is 72.8 Å². The highest BCUT2D eigenvalue weighted by atomic mass is 16.6. The van der Waals surface area contributed by atoms with Crippen molar-refractivity contribution in [2.75, 3.05) is 0 Å². The predicted octanol–water partition coefficient (Wildman–Crippen LogP) is 3.62. The zero-order chi connectivity index (χ0) is 31.1. The molecule has 4 aromatic rings. The molecule has 0 aliphatic heterocycles. The predicted molar refractivity (Wildman–Crippen MR) is 155 cm³/mol. The van der Waals surface area contributed by atoms with E-state index in [2.05, 4.69) is 0 Å². The average Bonchev–Trinajstić information content (AvgIpc) is 3.08. The van der Waals surface area contributed by atoms with Crippen LogP contribution in [0.3, 0.4) is 0 Å². The molecule has 10 heteroatoms. The van der Waals surface area contributed by atoms with Gasteiger partial charge in [0.05, 0.1) is 22.3 Å². The lowest BCUT2D eigenvalue weighted by Crippen LogP contribution is -2.67. The van der Waals surface area contributed by atoms with E-state index in [9.17, 15) is 29.4 Å². The first kappa shape index (κ1) is 30.1. The first-order valence-corrected chi connectivity index (χ1v) is 13.7. The summed E-state index contributed by atoms with van der Waals surface area (Å²) in [4.78, 5) is 52.8. The van der Waals surface area contributed by atoms with Crippen LogP contribution in [0.1, 0.15) is 41.4 Å². The van der Waals surface area contributed by atoms with Gasteiger partial charge in [0.1, 0.15) is 12.2 Å². The van der Waals surface area contributed by atoms with Gasteiger partial charge in [0.15, 0.2) is 24.4 Å². The molecule has 5 rings (SSSR count). The molecule has 44 heavy (non-hydrogen) atoms. The zero-order valence-corrected chi connectivity index (χ0v) is 23.2. The fourth-order valence-electron chi connectivity index (χ4n) is 4.76. The van der Waals surface area contributed by atoms with E-state index in [1.165, 1.54) is 48.5 Å². The number of hydrogen-bond donors (Lipinski definition) is 2. The summed E-state index contributed by atoms with van der Waals surface area (Å²) in [5.74, 6) is -3.63. The fraction of sp³-hybridized carbons (Fsp3) is 0.176. The van der Waals surface area contributed by atoms with Crippen molar-refractivity contribution in [2.45, 2.75) is 36.6 Å². The number of carbonyl (C=O) groups excluding carboxylic acids is 4. The number of aliphatic hydroxyl groups excluding tert-OH is 2. The lowest BCUT2D eigenvalue weighted by atomic mass is 9.84. The number of benzene rings is 4. The molecule has 0 radical (unpaired) electrons. The summed E-state index contributed by atoms with van der Waals surface area (Å²) in [7, 11) is 0. The molecule has 6 atom stereocenters. The van der Waals surface area contributed by atoms with Crippen molar-refractivity contribution in [3.05, 3.63) is 144 Å². The van der Waals surface area contributed by atoms with Crippen molar-refractivity contribution in [3.8, 4) is 0 Å². The molecule has 1 aliphatic rings. The third-order valence-corrected chi connectivity index (χ3v) is 7.00. The van der Waals surface area contributed by atoms with Crippen molar-refractivity contribution in [1.82, 2.24) is 0 Å². The molecule has 0 spiro atoms. The zero-order valence-electron chi connectivity index (χ0n) is 23.2. The topological polar surface area (TPSA) is 146 Å². The van der Waals surface area contributed by atoms with Crippen LogP contribution < -0.4 is 0 Å². The van der Waals surface area contributed by atoms with Gasteiger partial charge in [-0.25, -0.2) is 19.2 Å². The highest BCUT2D eigenvalue weighted by Crippen LogP contribution is 2.33. The Morgan fingerprint density at radius 3 is 0.795 bits per heavy atom. The van der Waals surface area contributed by atoms with Crippen molar-refractivity contribution >= 4 is 23.9 Å². The molecular weight excluding hydrogens is 568 g/mol. The standard InChI is InChI=1S/C34H28O10/c35-25-26(36)28(42-32(38)22-15-7-2-8-16-22)30(44-34(40)24-19-11-4-12-20-24)29(43-33(39)23-17-9-3-10-18-23)27(25)41-31(37)21-13-5-1-6-14-21/h1-20,25-30,35-36H/t25-,26+,27+,28-,29-,30+. The summed E-state index contributed by atoms with van der Waals surface area (Å²) in [6.45, 7) is 0. The summed E-state index contributed by atoms with van der Waals surface area (Å²) in [6.07, 6.45) is -10.8. The lowest BCUT2D eigenvalue weighted by Gasteiger charge is -2.45. The van der Waals surface area contributed by atoms with Gasteiger partial charge in [0.2, 0.25) is 0 Å². The van der Waals surface area contributed by atoms with Gasteiger partial charge >= 0.3 is 23.9 Å². The van der Waals surface area contributed by atoms with Crippen molar-refractivity contribution in [3.63, 3.8) is 0 Å². The molecule has 0 amide bonds. The third-order valence-electron chi connectivity index (χ3n) is 7.00. The summed E-state index contributed by atoms with van der Waals surface area (Å²) in [5, 5.41) is 22.5. The Labute approximate surface area is 252 Å². The third kappa shape index (κ3) is 6.83. The van der Waals surface area contributed by atoms with E-state index in [0.29, 0.717) is 0 Å². The Hall–Kier alpha value is -5.32. The number of carbonyl (C=O) groups is 4. The molecule has 4 aromatic carbocycles. The molecule has 0 saturated heterocycles. The second kappa shape index (κ2) is 13.8. The normalized spacial score (nSPS) is 22.7. The van der Waals surface area contributed by atoms with Crippen LogP contribution in [0.5, 0.6) is 0 Å². The van der Waals surface area contributed by atoms with Crippen molar-refractivity contribution in [1.29, 1.82) is 0 Å². The van der Waals surface area contributed by atoms with Crippen LogP contribution in [0.2, 0.25) is 0 Å². The SMILES string of the molecule is O=C(O[C@@H]1[C@H](OC(=O)c2ccccc2)[C@@H](OC(=O)c2ccccc2)[C@H](O)[C@H](O)[C@H]1OC(=O)c1ccccc1)c1ccccc1. The summed E-state index contributed by atoms with van der Waals surface area (Å²) in [5.41, 5.74) is 0.426. The number of rotatable bonds is 8. The van der Waals surface area contributed by atoms with Gasteiger partial charge in [-0.15, -0.1) is 0 Å². The van der Waals surface area contributed by atoms with Gasteiger partial charge in [-0.2, -0.15) is 0 Å². The highest BCUT2D eigenvalue weighted by Gasteiger charge is 2.57. The van der Waals surface area contributed by atoms with E-state index in [4.69, 9.17) is 18.9 Å². The van der Waals surface area contributed by atoms with E-state index >= 15 is 0 Å². The Morgan fingerprint density at radius 2 is 0.568 bits per heavy atom. The molecule has 0 bridgehead atoms. The van der Waals surface area contributed by atoms with Gasteiger partial charge in [-0.05, 0) is 48.5 Å². The first-order chi connectivity index (χ1) is 21.3. The number of hydrogen-bond acceptors (Lipinski definition) is 10. The lowest BCUT2D eigenvalue weighted by molar-refractivity contribution is -0.223. The molecule has 0 unspecified atom stereocenters. The first-order valence-electron chi connectivity index (χ1n) is 13.7. The van der Waals surface area contributed by atoms with Gasteiger partial charge in [0, 0.05) is 0 Å². The van der Waals surface area contributed by atoms with E-state index in [0.717, 1.165) is 0 Å². The largest absolute Gasteiger partial charge is 0.452 e. The minimum absolute atomic E-state index is 0.104. The van der Waals surface area contributed by atoms with Crippen molar-refractivity contribution < 1.29 is 48.3 Å². The fourth-order valence-corrected chi connectivity index (χ4v) is 4.76. The number of aliphatic hydroxyl groups is 2. The number of ether oxygens (including phenoxy) is 4. The van der Waals surface area contributed by atoms with E-state index in [1.807, 2.05) is 0 Å². The highest BCUT2D eigenvalue weighted by molar-refractivity contribution is 5.92. The molecule has 1 fully saturated rings. The maximum atomic E-state index is 13.3. The number of esters is 4. The minimum atomic E-state index is -1.93. The molecule has 0 aromatic heterocycles. The summed E-state index contributed by atoms with van der Waals surface area (Å²) in [6, 6.07) is 31.3. The van der Waals surface area contributed by atoms with Crippen LogP contribution in [0.4, 0.5) is 0 Å². The van der Waals surface area contributed by atoms with Gasteiger partial charge in [-0.1, -0.05) is 72.8 Å². The maximum absolute atomic E-state index is 13.3. The smallest absolute Gasteiger partial charge is 0.338 e. The second-order valence-electron chi connectivity index (χ2n) is 9.92. The van der Waals surface area contributed by atoms with Crippen LogP contribution >= 0.6 is 0 Å². The molecule has 1 saturated carbocycles. The Bertz CT molecular complexity index is 1460. The van der Waals surface area contributed by atoms with Gasteiger partial charge < -0.3 is 29.2 Å². The summed E-state index contributed by atoms with van der Waals surface area (Å²) < 4.78 is 22.7. The maximum Gasteiger partial charge on any atom is 0.338 e. The van der Waals surface area contributed by atoms with E-state index < -0.39 is 60.5 Å². The van der Waals surface area contributed by atoms with Crippen LogP contribution in [0.15, 0.2) is 121 Å². The van der Waals surface area contributed by atoms with Crippen LogP contribution in [-0.2, 0) is 18.9 Å².